The molecule has 3 rings (SSSR count). The van der Waals surface area contributed by atoms with Crippen LogP contribution in [0, 0.1) is 0 Å². The van der Waals surface area contributed by atoms with Crippen LogP contribution < -0.4 is 20.1 Å². The number of nitrogens with zero attached hydrogens (tertiary/aromatic N) is 2. The third-order valence-corrected chi connectivity index (χ3v) is 5.52. The van der Waals surface area contributed by atoms with Crippen LogP contribution in [0.25, 0.3) is 0 Å². The highest BCUT2D eigenvalue weighted by Crippen LogP contribution is 2.26. The Morgan fingerprint density at radius 3 is 2.52 bits per heavy atom. The summed E-state index contributed by atoms with van der Waals surface area (Å²) in [5.41, 5.74) is 2.62. The second-order valence-corrected chi connectivity index (χ2v) is 7.90. The normalized spacial score (nSPS) is 13.9. The molecule has 1 amide bonds. The fourth-order valence-corrected chi connectivity index (χ4v) is 3.75. The molecule has 0 radical (unpaired) electrons. The molecular formula is C25H35IN4O3. The van der Waals surface area contributed by atoms with Crippen molar-refractivity contribution in [2.24, 2.45) is 4.99 Å². The van der Waals surface area contributed by atoms with Crippen LogP contribution >= 0.6 is 24.0 Å². The quantitative estimate of drug-likeness (QED) is 0.210. The van der Waals surface area contributed by atoms with Crippen LogP contribution in [0.4, 0.5) is 0 Å². The van der Waals surface area contributed by atoms with Crippen molar-refractivity contribution < 1.29 is 14.3 Å². The Labute approximate surface area is 214 Å². The molecule has 8 heteroatoms. The van der Waals surface area contributed by atoms with Crippen molar-refractivity contribution in [2.75, 3.05) is 33.8 Å². The first-order valence-electron chi connectivity index (χ1n) is 11.2. The predicted octanol–water partition coefficient (Wildman–Crippen LogP) is 3.61. The number of para-hydroxylation sites is 2. The minimum atomic E-state index is -0.0755. The topological polar surface area (TPSA) is 75.2 Å². The number of amides is 1. The number of ether oxygens (including phenoxy) is 2. The Hall–Kier alpha value is -2.49. The summed E-state index contributed by atoms with van der Waals surface area (Å²) >= 11 is 0. The Morgan fingerprint density at radius 2 is 1.79 bits per heavy atom. The molecule has 0 saturated carbocycles. The average Bonchev–Trinajstić information content (AvgIpc) is 2.83. The zero-order chi connectivity index (χ0) is 22.8. The molecule has 0 spiro atoms. The first kappa shape index (κ1) is 26.8. The van der Waals surface area contributed by atoms with Gasteiger partial charge in [0.1, 0.15) is 6.10 Å². The van der Waals surface area contributed by atoms with E-state index in [4.69, 9.17) is 9.47 Å². The number of aliphatic imine (C=N–C) groups is 1. The van der Waals surface area contributed by atoms with Gasteiger partial charge in [-0.25, -0.2) is 0 Å². The molecule has 0 aromatic heterocycles. The molecule has 2 aromatic rings. The molecule has 0 aliphatic carbocycles. The molecule has 2 N–H and O–H groups in total. The number of methoxy groups -OCH3 is 1. The van der Waals surface area contributed by atoms with E-state index in [2.05, 4.69) is 33.8 Å². The molecule has 1 aliphatic heterocycles. The first-order chi connectivity index (χ1) is 15.6. The number of hydrogen-bond donors (Lipinski definition) is 2. The molecule has 1 unspecified atom stereocenters. The van der Waals surface area contributed by atoms with Crippen LogP contribution in [-0.2, 0) is 17.8 Å². The maximum atomic E-state index is 12.6. The minimum absolute atomic E-state index is 0. The highest BCUT2D eigenvalue weighted by molar-refractivity contribution is 14.0. The van der Waals surface area contributed by atoms with Gasteiger partial charge in [-0.15, -0.1) is 24.0 Å². The van der Waals surface area contributed by atoms with Crippen molar-refractivity contribution in [1.82, 2.24) is 15.5 Å². The SMILES string of the molecule is CN=C(NCCCC(=O)N1CCc2ccccc2C1)NCC(C)Oc1ccccc1OC.I. The maximum Gasteiger partial charge on any atom is 0.222 e. The van der Waals surface area contributed by atoms with E-state index in [1.54, 1.807) is 14.2 Å². The van der Waals surface area contributed by atoms with Crippen molar-refractivity contribution in [3.63, 3.8) is 0 Å². The van der Waals surface area contributed by atoms with Gasteiger partial charge >= 0.3 is 0 Å². The number of halogens is 1. The summed E-state index contributed by atoms with van der Waals surface area (Å²) < 4.78 is 11.3. The van der Waals surface area contributed by atoms with Crippen molar-refractivity contribution in [3.05, 3.63) is 59.7 Å². The van der Waals surface area contributed by atoms with E-state index in [-0.39, 0.29) is 36.0 Å². The number of carbonyl (C=O) groups is 1. The molecule has 1 atom stereocenters. The number of benzene rings is 2. The number of fused-ring (bicyclic) bond motifs is 1. The summed E-state index contributed by atoms with van der Waals surface area (Å²) in [5.74, 6) is 2.33. The van der Waals surface area contributed by atoms with Gasteiger partial charge in [0, 0.05) is 33.1 Å². The third-order valence-electron chi connectivity index (χ3n) is 5.52. The zero-order valence-corrected chi connectivity index (χ0v) is 22.0. The fourth-order valence-electron chi connectivity index (χ4n) is 3.75. The lowest BCUT2D eigenvalue weighted by atomic mass is 9.99. The van der Waals surface area contributed by atoms with Crippen LogP contribution in [0.2, 0.25) is 0 Å². The largest absolute Gasteiger partial charge is 0.493 e. The van der Waals surface area contributed by atoms with Crippen LogP contribution in [0.5, 0.6) is 11.5 Å². The summed E-state index contributed by atoms with van der Waals surface area (Å²) in [7, 11) is 3.36. The number of rotatable bonds is 9. The molecule has 2 aromatic carbocycles. The Morgan fingerprint density at radius 1 is 1.09 bits per heavy atom. The van der Waals surface area contributed by atoms with E-state index in [0.717, 1.165) is 25.9 Å². The molecule has 0 saturated heterocycles. The van der Waals surface area contributed by atoms with Crippen molar-refractivity contribution in [2.45, 2.75) is 38.8 Å². The summed E-state index contributed by atoms with van der Waals surface area (Å²) in [6.45, 7) is 4.77. The fraction of sp³-hybridized carbons (Fsp3) is 0.440. The molecule has 1 heterocycles. The van der Waals surface area contributed by atoms with E-state index < -0.39 is 0 Å². The highest BCUT2D eigenvalue weighted by atomic mass is 127. The Balaban J connectivity index is 0.00000385. The van der Waals surface area contributed by atoms with Crippen LogP contribution in [-0.4, -0.2) is 56.7 Å². The summed E-state index contributed by atoms with van der Waals surface area (Å²) in [6, 6.07) is 16.0. The second-order valence-electron chi connectivity index (χ2n) is 7.90. The van der Waals surface area contributed by atoms with Crippen LogP contribution in [0.1, 0.15) is 30.9 Å². The monoisotopic (exact) mass is 566 g/mol. The van der Waals surface area contributed by atoms with E-state index in [9.17, 15) is 4.79 Å². The molecule has 180 valence electrons. The first-order valence-corrected chi connectivity index (χ1v) is 11.2. The van der Waals surface area contributed by atoms with E-state index >= 15 is 0 Å². The predicted molar refractivity (Wildman–Crippen MR) is 143 cm³/mol. The summed E-state index contributed by atoms with van der Waals surface area (Å²) in [6.07, 6.45) is 2.14. The zero-order valence-electron chi connectivity index (χ0n) is 19.7. The van der Waals surface area contributed by atoms with Gasteiger partial charge in [0.05, 0.1) is 13.7 Å². The standard InChI is InChI=1S/C25H34N4O3.HI/c1-19(32-23-12-7-6-11-22(23)31-3)17-28-25(26-2)27-15-8-13-24(30)29-16-14-20-9-4-5-10-21(20)18-29;/h4-7,9-12,19H,8,13-18H2,1-3H3,(H2,26,27,28);1H. The smallest absolute Gasteiger partial charge is 0.222 e. The van der Waals surface area contributed by atoms with Gasteiger partial charge in [-0.2, -0.15) is 0 Å². The van der Waals surface area contributed by atoms with Gasteiger partial charge in [-0.3, -0.25) is 9.79 Å². The van der Waals surface area contributed by atoms with Crippen molar-refractivity contribution in [1.29, 1.82) is 0 Å². The molecule has 1 aliphatic rings. The van der Waals surface area contributed by atoms with Gasteiger partial charge in [0.2, 0.25) is 5.91 Å². The third kappa shape index (κ3) is 8.10. The van der Waals surface area contributed by atoms with E-state index in [0.29, 0.717) is 37.0 Å². The lowest BCUT2D eigenvalue weighted by Crippen LogP contribution is -2.42. The average molecular weight is 566 g/mol. The van der Waals surface area contributed by atoms with Gasteiger partial charge in [-0.1, -0.05) is 36.4 Å². The lowest BCUT2D eigenvalue weighted by Gasteiger charge is -2.29. The van der Waals surface area contributed by atoms with Gasteiger partial charge < -0.3 is 25.0 Å². The van der Waals surface area contributed by atoms with Crippen LogP contribution in [0.15, 0.2) is 53.5 Å². The van der Waals surface area contributed by atoms with Crippen LogP contribution in [0.3, 0.4) is 0 Å². The summed E-state index contributed by atoms with van der Waals surface area (Å²) in [5, 5.41) is 6.54. The number of hydrogen-bond acceptors (Lipinski definition) is 4. The molecule has 0 bridgehead atoms. The molecule has 7 nitrogen and oxygen atoms in total. The van der Waals surface area contributed by atoms with E-state index in [1.165, 1.54) is 11.1 Å². The minimum Gasteiger partial charge on any atom is -0.493 e. The highest BCUT2D eigenvalue weighted by Gasteiger charge is 2.19. The van der Waals surface area contributed by atoms with Crippen molar-refractivity contribution >= 4 is 35.8 Å². The Bertz CT molecular complexity index is 922. The van der Waals surface area contributed by atoms with Gasteiger partial charge in [0.15, 0.2) is 17.5 Å². The van der Waals surface area contributed by atoms with Gasteiger partial charge in [-0.05, 0) is 43.0 Å². The Kier molecular flexibility index (Phi) is 11.3. The number of carbonyl (C=O) groups excluding carboxylic acids is 1. The summed E-state index contributed by atoms with van der Waals surface area (Å²) in [4.78, 5) is 18.8. The maximum absolute atomic E-state index is 12.6. The number of nitrogens with one attached hydrogen (secondary N) is 2. The molecule has 33 heavy (non-hydrogen) atoms. The van der Waals surface area contributed by atoms with Gasteiger partial charge in [0.25, 0.3) is 0 Å². The van der Waals surface area contributed by atoms with E-state index in [1.807, 2.05) is 42.2 Å². The second kappa shape index (κ2) is 13.9. The molecular weight excluding hydrogens is 531 g/mol. The number of guanidine groups is 1. The lowest BCUT2D eigenvalue weighted by molar-refractivity contribution is -0.132. The molecule has 0 fully saturated rings. The van der Waals surface area contributed by atoms with Crippen molar-refractivity contribution in [3.8, 4) is 11.5 Å².